The number of amides is 2. The zero-order valence-corrected chi connectivity index (χ0v) is 14.7. The van der Waals surface area contributed by atoms with Gasteiger partial charge < -0.3 is 10.6 Å². The lowest BCUT2D eigenvalue weighted by molar-refractivity contribution is -0.118. The van der Waals surface area contributed by atoms with Crippen LogP contribution < -0.4 is 11.1 Å². The molecule has 2 aromatic rings. The van der Waals surface area contributed by atoms with E-state index >= 15 is 0 Å². The van der Waals surface area contributed by atoms with Gasteiger partial charge in [-0.3, -0.25) is 14.9 Å². The number of nitrogens with two attached hydrogens (primary N) is 1. The molecule has 0 bridgehead atoms. The Morgan fingerprint density at radius 1 is 1.12 bits per heavy atom. The predicted octanol–water partition coefficient (Wildman–Crippen LogP) is 2.18. The summed E-state index contributed by atoms with van der Waals surface area (Å²) in [7, 11) is 0. The molecule has 126 valence electrons. The molecule has 0 unspecified atom stereocenters. The number of carbonyl (C=O) groups is 2. The van der Waals surface area contributed by atoms with Gasteiger partial charge in [-0.25, -0.2) is 0 Å². The molecule has 0 atom stereocenters. The van der Waals surface area contributed by atoms with Crippen molar-refractivity contribution in [1.29, 1.82) is 0 Å². The summed E-state index contributed by atoms with van der Waals surface area (Å²) in [4.78, 5) is 25.6. The Hall–Kier alpha value is -2.25. The highest BCUT2D eigenvalue weighted by molar-refractivity contribution is 7.80. The Kier molecular flexibility index (Phi) is 6.89. The highest BCUT2D eigenvalue weighted by Gasteiger charge is 2.15. The van der Waals surface area contributed by atoms with Crippen molar-refractivity contribution in [2.24, 2.45) is 5.73 Å². The van der Waals surface area contributed by atoms with E-state index in [9.17, 15) is 9.59 Å². The topological polar surface area (TPSA) is 75.4 Å². The van der Waals surface area contributed by atoms with Crippen molar-refractivity contribution in [3.05, 3.63) is 58.3 Å². The van der Waals surface area contributed by atoms with Gasteiger partial charge in [-0.15, -0.1) is 11.3 Å². The largest absolute Gasteiger partial charge is 0.370 e. The van der Waals surface area contributed by atoms with Crippen LogP contribution in [0.2, 0.25) is 0 Å². The third kappa shape index (κ3) is 5.75. The lowest BCUT2D eigenvalue weighted by Gasteiger charge is -2.25. The van der Waals surface area contributed by atoms with Gasteiger partial charge in [-0.05, 0) is 35.6 Å². The van der Waals surface area contributed by atoms with Gasteiger partial charge >= 0.3 is 0 Å². The molecule has 0 fully saturated rings. The molecule has 0 aliphatic carbocycles. The first-order valence-electron chi connectivity index (χ1n) is 7.52. The standard InChI is InChI=1S/C17H19N3O2S2/c18-15(21)9-11-20(10-8-13-5-2-1-3-6-13)17(23)19-16(22)14-7-4-12-24-14/h1-7,12H,8-11H2,(H2,18,21)(H,19,22,23). The summed E-state index contributed by atoms with van der Waals surface area (Å²) in [5.41, 5.74) is 6.39. The van der Waals surface area contributed by atoms with Crippen LogP contribution >= 0.6 is 23.6 Å². The molecule has 7 heteroatoms. The van der Waals surface area contributed by atoms with Crippen LogP contribution in [0.5, 0.6) is 0 Å². The van der Waals surface area contributed by atoms with Crippen molar-refractivity contribution in [3.63, 3.8) is 0 Å². The lowest BCUT2D eigenvalue weighted by atomic mass is 10.1. The number of thiocarbonyl (C=S) groups is 1. The highest BCUT2D eigenvalue weighted by Crippen LogP contribution is 2.08. The molecule has 0 saturated heterocycles. The maximum atomic E-state index is 12.1. The lowest BCUT2D eigenvalue weighted by Crippen LogP contribution is -2.44. The number of carbonyl (C=O) groups excluding carboxylic acids is 2. The molecule has 24 heavy (non-hydrogen) atoms. The van der Waals surface area contributed by atoms with E-state index in [4.69, 9.17) is 18.0 Å². The van der Waals surface area contributed by atoms with Crippen LogP contribution in [-0.4, -0.2) is 34.9 Å². The van der Waals surface area contributed by atoms with Gasteiger partial charge in [0.2, 0.25) is 5.91 Å². The molecular formula is C17H19N3O2S2. The molecule has 2 rings (SSSR count). The van der Waals surface area contributed by atoms with Gasteiger partial charge in [0.25, 0.3) is 5.91 Å². The molecule has 0 spiro atoms. The fourth-order valence-electron chi connectivity index (χ4n) is 2.11. The Labute approximate surface area is 150 Å². The number of primary amides is 1. The molecule has 0 radical (unpaired) electrons. The summed E-state index contributed by atoms with van der Waals surface area (Å²) in [6.45, 7) is 0.979. The monoisotopic (exact) mass is 361 g/mol. The Morgan fingerprint density at radius 3 is 2.50 bits per heavy atom. The third-order valence-corrected chi connectivity index (χ3v) is 4.62. The van der Waals surface area contributed by atoms with E-state index in [2.05, 4.69) is 5.32 Å². The van der Waals surface area contributed by atoms with Crippen LogP contribution in [0.25, 0.3) is 0 Å². The van der Waals surface area contributed by atoms with Crippen LogP contribution in [0.4, 0.5) is 0 Å². The second kappa shape index (κ2) is 9.14. The molecule has 2 amide bonds. The number of nitrogens with one attached hydrogen (secondary N) is 1. The zero-order chi connectivity index (χ0) is 17.4. The average molecular weight is 361 g/mol. The summed E-state index contributed by atoms with van der Waals surface area (Å²) >= 11 is 6.69. The van der Waals surface area contributed by atoms with E-state index in [0.717, 1.165) is 12.0 Å². The average Bonchev–Trinajstić information content (AvgIpc) is 3.10. The van der Waals surface area contributed by atoms with Crippen LogP contribution in [0.15, 0.2) is 47.8 Å². The van der Waals surface area contributed by atoms with Crippen molar-refractivity contribution in [2.75, 3.05) is 13.1 Å². The molecular weight excluding hydrogens is 342 g/mol. The first-order valence-corrected chi connectivity index (χ1v) is 8.81. The van der Waals surface area contributed by atoms with E-state index in [-0.39, 0.29) is 12.3 Å². The maximum Gasteiger partial charge on any atom is 0.267 e. The minimum absolute atomic E-state index is 0.184. The fourth-order valence-corrected chi connectivity index (χ4v) is 3.01. The number of hydrogen-bond donors (Lipinski definition) is 2. The summed E-state index contributed by atoms with van der Waals surface area (Å²) in [5.74, 6) is -0.633. The molecule has 1 heterocycles. The fraction of sp³-hybridized carbons (Fsp3) is 0.235. The second-order valence-electron chi connectivity index (χ2n) is 5.18. The van der Waals surface area contributed by atoms with E-state index in [1.54, 1.807) is 11.0 Å². The van der Waals surface area contributed by atoms with E-state index in [1.165, 1.54) is 11.3 Å². The Bertz CT molecular complexity index is 687. The maximum absolute atomic E-state index is 12.1. The van der Waals surface area contributed by atoms with E-state index < -0.39 is 5.91 Å². The van der Waals surface area contributed by atoms with Crippen molar-refractivity contribution in [2.45, 2.75) is 12.8 Å². The molecule has 0 aliphatic heterocycles. The van der Waals surface area contributed by atoms with Crippen molar-refractivity contribution in [3.8, 4) is 0 Å². The van der Waals surface area contributed by atoms with Gasteiger partial charge in [-0.2, -0.15) is 0 Å². The summed E-state index contributed by atoms with van der Waals surface area (Å²) in [6, 6.07) is 13.5. The third-order valence-electron chi connectivity index (χ3n) is 3.39. The Morgan fingerprint density at radius 2 is 1.88 bits per heavy atom. The normalized spacial score (nSPS) is 10.2. The quantitative estimate of drug-likeness (QED) is 0.741. The first-order chi connectivity index (χ1) is 11.6. The number of rotatable bonds is 7. The van der Waals surface area contributed by atoms with Crippen LogP contribution in [0, 0.1) is 0 Å². The van der Waals surface area contributed by atoms with Crippen molar-refractivity contribution >= 4 is 40.5 Å². The first kappa shape index (κ1) is 18.1. The molecule has 3 N–H and O–H groups in total. The highest BCUT2D eigenvalue weighted by atomic mass is 32.1. The van der Waals surface area contributed by atoms with Gasteiger partial charge in [-0.1, -0.05) is 36.4 Å². The van der Waals surface area contributed by atoms with Crippen LogP contribution in [-0.2, 0) is 11.2 Å². The number of thiophene rings is 1. The van der Waals surface area contributed by atoms with Gasteiger partial charge in [0, 0.05) is 19.5 Å². The van der Waals surface area contributed by atoms with Crippen molar-refractivity contribution in [1.82, 2.24) is 10.2 Å². The molecule has 0 saturated carbocycles. The van der Waals surface area contributed by atoms with E-state index in [1.807, 2.05) is 41.8 Å². The molecule has 1 aromatic carbocycles. The minimum atomic E-state index is -0.396. The summed E-state index contributed by atoms with van der Waals surface area (Å²) < 4.78 is 0. The summed E-state index contributed by atoms with van der Waals surface area (Å²) in [6.07, 6.45) is 0.943. The molecule has 0 aliphatic rings. The number of hydrogen-bond acceptors (Lipinski definition) is 4. The summed E-state index contributed by atoms with van der Waals surface area (Å²) in [5, 5.41) is 4.86. The smallest absolute Gasteiger partial charge is 0.267 e. The molecule has 5 nitrogen and oxygen atoms in total. The SMILES string of the molecule is NC(=O)CCN(CCc1ccccc1)C(=S)NC(=O)c1cccs1. The number of nitrogens with zero attached hydrogens (tertiary/aromatic N) is 1. The zero-order valence-electron chi connectivity index (χ0n) is 13.1. The number of benzene rings is 1. The van der Waals surface area contributed by atoms with E-state index in [0.29, 0.717) is 23.1 Å². The van der Waals surface area contributed by atoms with Gasteiger partial charge in [0.05, 0.1) is 4.88 Å². The predicted molar refractivity (Wildman–Crippen MR) is 99.9 cm³/mol. The van der Waals surface area contributed by atoms with Gasteiger partial charge in [0.15, 0.2) is 5.11 Å². The van der Waals surface area contributed by atoms with Gasteiger partial charge in [0.1, 0.15) is 0 Å². The van der Waals surface area contributed by atoms with Crippen LogP contribution in [0.3, 0.4) is 0 Å². The minimum Gasteiger partial charge on any atom is -0.370 e. The Balaban J connectivity index is 1.97. The van der Waals surface area contributed by atoms with Crippen LogP contribution in [0.1, 0.15) is 21.7 Å². The van der Waals surface area contributed by atoms with Crippen molar-refractivity contribution < 1.29 is 9.59 Å². The molecule has 1 aromatic heterocycles. The second-order valence-corrected chi connectivity index (χ2v) is 6.51.